The van der Waals surface area contributed by atoms with E-state index in [1.807, 2.05) is 0 Å². The quantitative estimate of drug-likeness (QED) is 0.361. The molecule has 0 aromatic heterocycles. The number of carbonyl (C=O) groups excluding carboxylic acids is 1. The zero-order chi connectivity index (χ0) is 20.6. The van der Waals surface area contributed by atoms with E-state index >= 15 is 0 Å². The normalized spacial score (nSPS) is 11.6. The predicted octanol–water partition coefficient (Wildman–Crippen LogP) is 2.52. The first kappa shape index (κ1) is 23.5. The fourth-order valence-electron chi connectivity index (χ4n) is 2.56. The molecule has 144 valence electrons. The van der Waals surface area contributed by atoms with Crippen molar-refractivity contribution < 1.29 is 28.0 Å². The van der Waals surface area contributed by atoms with E-state index in [-0.39, 0.29) is 54.1 Å². The van der Waals surface area contributed by atoms with Crippen molar-refractivity contribution in [2.75, 3.05) is 0 Å². The largest absolute Gasteiger partial charge is 2.00 e. The average molecular weight is 459 g/mol. The summed E-state index contributed by atoms with van der Waals surface area (Å²) in [5, 5.41) is 32.3. The minimum absolute atomic E-state index is 0. The SMILES string of the molecule is Cc1c(Cl)cc(S(=O)(=O)O)cc1N=Nc1c([O-])c(C(=O)[O-])cc2ccccc12.[Ca+2]. The number of aromatic carboxylic acids is 1. The van der Waals surface area contributed by atoms with Crippen molar-refractivity contribution in [3.63, 3.8) is 0 Å². The first-order chi connectivity index (χ1) is 13.1. The van der Waals surface area contributed by atoms with Gasteiger partial charge in [0, 0.05) is 10.4 Å². The van der Waals surface area contributed by atoms with Crippen molar-refractivity contribution in [2.24, 2.45) is 10.2 Å². The van der Waals surface area contributed by atoms with E-state index in [9.17, 15) is 28.0 Å². The van der Waals surface area contributed by atoms with Gasteiger partial charge in [-0.05, 0) is 41.6 Å². The van der Waals surface area contributed by atoms with Crippen LogP contribution in [-0.4, -0.2) is 56.7 Å². The van der Waals surface area contributed by atoms with Gasteiger partial charge in [-0.2, -0.15) is 18.6 Å². The molecule has 29 heavy (non-hydrogen) atoms. The molecule has 8 nitrogen and oxygen atoms in total. The van der Waals surface area contributed by atoms with Crippen molar-refractivity contribution in [3.8, 4) is 5.75 Å². The smallest absolute Gasteiger partial charge is 0.871 e. The standard InChI is InChI=1S/C18H13ClN2O6S.Ca/c1-9-14(19)7-11(28(25,26)27)8-15(9)20-21-16-12-5-3-2-4-10(12)6-13(17(16)22)18(23)24;/h2-8,22H,1H3,(H,23,24)(H,25,26,27);/q;+2/p-2. The molecule has 0 unspecified atom stereocenters. The van der Waals surface area contributed by atoms with Gasteiger partial charge in [-0.1, -0.05) is 41.6 Å². The van der Waals surface area contributed by atoms with Crippen LogP contribution in [0.4, 0.5) is 11.4 Å². The third-order valence-corrected chi connectivity index (χ3v) is 5.27. The molecule has 0 saturated carbocycles. The van der Waals surface area contributed by atoms with Crippen LogP contribution in [0.15, 0.2) is 57.6 Å². The Labute approximate surface area is 200 Å². The summed E-state index contributed by atoms with van der Waals surface area (Å²) in [5.74, 6) is -2.54. The maximum absolute atomic E-state index is 12.5. The number of rotatable bonds is 4. The second-order valence-corrected chi connectivity index (χ2v) is 7.66. The van der Waals surface area contributed by atoms with Gasteiger partial charge in [0.05, 0.1) is 22.2 Å². The molecule has 0 radical (unpaired) electrons. The van der Waals surface area contributed by atoms with Gasteiger partial charge in [0.2, 0.25) is 0 Å². The van der Waals surface area contributed by atoms with E-state index in [2.05, 4.69) is 10.2 Å². The van der Waals surface area contributed by atoms with Crippen molar-refractivity contribution in [3.05, 3.63) is 58.6 Å². The molecule has 0 aliphatic heterocycles. The van der Waals surface area contributed by atoms with Gasteiger partial charge in [-0.3, -0.25) is 4.55 Å². The van der Waals surface area contributed by atoms with Crippen LogP contribution < -0.4 is 10.2 Å². The van der Waals surface area contributed by atoms with Crippen molar-refractivity contribution in [2.45, 2.75) is 11.8 Å². The first-order valence-corrected chi connectivity index (χ1v) is 9.55. The number of fused-ring (bicyclic) bond motifs is 1. The zero-order valence-corrected chi connectivity index (χ0v) is 18.7. The number of azo groups is 1. The van der Waals surface area contributed by atoms with Gasteiger partial charge in [0.15, 0.2) is 0 Å². The number of nitrogens with zero attached hydrogens (tertiary/aromatic N) is 2. The Hall–Kier alpha value is -1.75. The number of carbonyl (C=O) groups is 1. The Bertz CT molecular complexity index is 1260. The number of carboxylic acids is 1. The maximum Gasteiger partial charge on any atom is 2.00 e. The summed E-state index contributed by atoms with van der Waals surface area (Å²) < 4.78 is 32.0. The van der Waals surface area contributed by atoms with Crippen LogP contribution in [-0.2, 0) is 10.1 Å². The number of hydrogen-bond donors (Lipinski definition) is 1. The monoisotopic (exact) mass is 458 g/mol. The molecule has 0 bridgehead atoms. The van der Waals surface area contributed by atoms with Crippen molar-refractivity contribution in [1.82, 2.24) is 0 Å². The van der Waals surface area contributed by atoms with Gasteiger partial charge in [0.1, 0.15) is 0 Å². The Kier molecular flexibility index (Phi) is 7.26. The Morgan fingerprint density at radius 1 is 1.14 bits per heavy atom. The molecule has 0 spiro atoms. The van der Waals surface area contributed by atoms with Crippen LogP contribution in [0.5, 0.6) is 5.75 Å². The molecule has 0 saturated heterocycles. The van der Waals surface area contributed by atoms with Crippen molar-refractivity contribution >= 4 is 87.6 Å². The summed E-state index contributed by atoms with van der Waals surface area (Å²) >= 11 is 5.97. The van der Waals surface area contributed by atoms with Crippen LogP contribution in [0.2, 0.25) is 5.02 Å². The molecule has 0 aliphatic carbocycles. The minimum atomic E-state index is -4.54. The molecule has 3 aromatic rings. The summed E-state index contributed by atoms with van der Waals surface area (Å²) in [7, 11) is -4.54. The fraction of sp³-hybridized carbons (Fsp3) is 0.0556. The van der Waals surface area contributed by atoms with Gasteiger partial charge >= 0.3 is 37.7 Å². The van der Waals surface area contributed by atoms with Gasteiger partial charge in [-0.25, -0.2) is 0 Å². The Balaban J connectivity index is 0.00000300. The van der Waals surface area contributed by atoms with Crippen LogP contribution in [0.1, 0.15) is 15.9 Å². The fourth-order valence-corrected chi connectivity index (χ4v) is 3.36. The van der Waals surface area contributed by atoms with Crippen LogP contribution in [0.3, 0.4) is 0 Å². The van der Waals surface area contributed by atoms with Crippen molar-refractivity contribution in [1.29, 1.82) is 0 Å². The third-order valence-electron chi connectivity index (χ3n) is 4.04. The zero-order valence-electron chi connectivity index (χ0n) is 14.9. The number of benzene rings is 3. The molecule has 0 atom stereocenters. The van der Waals surface area contributed by atoms with Gasteiger partial charge < -0.3 is 15.0 Å². The van der Waals surface area contributed by atoms with Gasteiger partial charge in [-0.15, -0.1) is 0 Å². The summed E-state index contributed by atoms with van der Waals surface area (Å²) in [6.45, 7) is 1.54. The van der Waals surface area contributed by atoms with E-state index < -0.39 is 32.3 Å². The molecular formula is C18H11CaClN2O6S. The maximum atomic E-state index is 12.5. The summed E-state index contributed by atoms with van der Waals surface area (Å²) in [4.78, 5) is 10.8. The molecule has 0 amide bonds. The number of carboxylic acid groups (broad SMARTS) is 1. The topological polar surface area (TPSA) is 142 Å². The molecule has 3 aromatic carbocycles. The van der Waals surface area contributed by atoms with E-state index in [0.29, 0.717) is 16.3 Å². The molecule has 11 heteroatoms. The number of halogens is 1. The third kappa shape index (κ3) is 4.88. The Morgan fingerprint density at radius 2 is 1.79 bits per heavy atom. The second-order valence-electron chi connectivity index (χ2n) is 5.83. The Morgan fingerprint density at radius 3 is 2.41 bits per heavy atom. The average Bonchev–Trinajstić information content (AvgIpc) is 2.62. The summed E-state index contributed by atoms with van der Waals surface area (Å²) in [6.07, 6.45) is 0. The van der Waals surface area contributed by atoms with E-state index in [1.54, 1.807) is 24.3 Å². The van der Waals surface area contributed by atoms with Gasteiger partial charge in [0.25, 0.3) is 10.1 Å². The van der Waals surface area contributed by atoms with Crippen LogP contribution in [0, 0.1) is 6.92 Å². The van der Waals surface area contributed by atoms with E-state index in [0.717, 1.165) is 12.1 Å². The van der Waals surface area contributed by atoms with Crippen LogP contribution in [0.25, 0.3) is 10.8 Å². The molecule has 1 N–H and O–H groups in total. The molecule has 0 aliphatic rings. The predicted molar refractivity (Wildman–Crippen MR) is 104 cm³/mol. The summed E-state index contributed by atoms with van der Waals surface area (Å²) in [5.41, 5.74) is -0.479. The molecule has 0 fully saturated rings. The van der Waals surface area contributed by atoms with Crippen LogP contribution >= 0.6 is 11.6 Å². The first-order valence-electron chi connectivity index (χ1n) is 7.73. The molecular weight excluding hydrogens is 448 g/mol. The summed E-state index contributed by atoms with van der Waals surface area (Å²) in [6, 6.07) is 9.74. The van der Waals surface area contributed by atoms with E-state index in [4.69, 9.17) is 11.6 Å². The molecule has 3 rings (SSSR count). The van der Waals surface area contributed by atoms with E-state index in [1.165, 1.54) is 13.0 Å². The number of hydrogen-bond acceptors (Lipinski definition) is 7. The minimum Gasteiger partial charge on any atom is -0.871 e. The molecule has 0 heterocycles. The second kappa shape index (κ2) is 8.95.